The maximum absolute atomic E-state index is 2.39. The second-order valence-electron chi connectivity index (χ2n) is 9.89. The van der Waals surface area contributed by atoms with E-state index >= 15 is 0 Å². The van der Waals surface area contributed by atoms with Gasteiger partial charge in [0.15, 0.2) is 0 Å². The van der Waals surface area contributed by atoms with Gasteiger partial charge in [0.05, 0.1) is 24.6 Å². The fraction of sp³-hybridized carbons (Fsp3) is 1.00. The van der Waals surface area contributed by atoms with Gasteiger partial charge >= 0.3 is 0 Å². The van der Waals surface area contributed by atoms with E-state index in [0.717, 1.165) is 0 Å². The van der Waals surface area contributed by atoms with Crippen LogP contribution in [0.15, 0.2) is 0 Å². The van der Waals surface area contributed by atoms with E-state index in [1.165, 1.54) is 122 Å². The molecule has 0 spiro atoms. The van der Waals surface area contributed by atoms with E-state index in [0.29, 0.717) is 0 Å². The van der Waals surface area contributed by atoms with Crippen molar-refractivity contribution >= 4 is 17.2 Å². The first kappa shape index (κ1) is 40.6. The molecule has 0 aliphatic rings. The Morgan fingerprint density at radius 3 is 0.812 bits per heavy atom. The summed E-state index contributed by atoms with van der Waals surface area (Å²) in [6.07, 6.45) is 36.0. The second kappa shape index (κ2) is 32.4. The Balaban J connectivity index is -0.00000131. The number of hydrogen-bond donors (Lipinski definition) is 0. The lowest BCUT2D eigenvalue weighted by atomic mass is 10.0. The zero-order chi connectivity index (χ0) is 21.5. The average Bonchev–Trinajstić information content (AvgIpc) is 2.74. The minimum absolute atomic E-state index is 0. The van der Waals surface area contributed by atoms with Crippen molar-refractivity contribution in [3.63, 3.8) is 0 Å². The van der Waals surface area contributed by atoms with Gasteiger partial charge in [0, 0.05) is 7.26 Å². The molecule has 0 heterocycles. The Kier molecular flexibility index (Phi) is 41.2. The highest BCUT2D eigenvalue weighted by Crippen LogP contribution is 2.61. The molecule has 32 heavy (non-hydrogen) atoms. The molecule has 0 saturated carbocycles. The highest BCUT2D eigenvalue weighted by molar-refractivity contribution is 7.75. The molecule has 0 aliphatic heterocycles. The molecule has 4 heteroatoms. The largest absolute Gasteiger partial charge is 1.00 e. The van der Waals surface area contributed by atoms with E-state index in [9.17, 15) is 0 Å². The molecule has 1 unspecified atom stereocenters. The molecule has 0 bridgehead atoms. The van der Waals surface area contributed by atoms with E-state index in [1.54, 1.807) is 31.1 Å². The van der Waals surface area contributed by atoms with Crippen molar-refractivity contribution in [3.8, 4) is 0 Å². The third-order valence-electron chi connectivity index (χ3n) is 6.94. The zero-order valence-corrected chi connectivity index (χ0v) is 27.6. The Labute approximate surface area is 222 Å². The van der Waals surface area contributed by atoms with Crippen molar-refractivity contribution in [2.24, 2.45) is 0 Å². The third kappa shape index (κ3) is 26.1. The Bertz CT molecular complexity index is 292. The van der Waals surface area contributed by atoms with Crippen LogP contribution in [0.4, 0.5) is 0 Å². The lowest BCUT2D eigenvalue weighted by molar-refractivity contribution is -0.00100. The number of unbranched alkanes of at least 4 members (excludes halogenated alkanes) is 16. The fourth-order valence-corrected chi connectivity index (χ4v) is 9.99. The molecule has 0 aromatic carbocycles. The Morgan fingerprint density at radius 1 is 0.312 bits per heavy atom. The molecule has 0 amide bonds. The highest BCUT2D eigenvalue weighted by atomic mass is 35.5. The van der Waals surface area contributed by atoms with Gasteiger partial charge in [-0.25, -0.2) is 0 Å². The summed E-state index contributed by atoms with van der Waals surface area (Å²) >= 11 is 0. The first-order valence-electron chi connectivity index (χ1n) is 14.1. The molecule has 200 valence electrons. The summed E-state index contributed by atoms with van der Waals surface area (Å²) in [6.45, 7) is 9.48. The number of rotatable bonds is 24. The molecule has 0 aromatic rings. The van der Waals surface area contributed by atoms with E-state index in [4.69, 9.17) is 0 Å². The van der Waals surface area contributed by atoms with Gasteiger partial charge in [-0.05, 0) is 42.0 Å². The minimum atomic E-state index is -0.630. The van der Waals surface area contributed by atoms with Gasteiger partial charge in [0.1, 0.15) is 0 Å². The Morgan fingerprint density at radius 2 is 0.531 bits per heavy atom. The molecule has 0 aromatic heterocycles. The predicted octanol–water partition coefficient (Wildman–Crippen LogP) is 4.68. The van der Waals surface area contributed by atoms with E-state index in [1.807, 2.05) is 0 Å². The van der Waals surface area contributed by atoms with Crippen molar-refractivity contribution in [2.45, 2.75) is 156 Å². The van der Waals surface area contributed by atoms with Crippen LogP contribution in [0.2, 0.25) is 0 Å². The van der Waals surface area contributed by atoms with Crippen molar-refractivity contribution in [2.75, 3.05) is 24.6 Å². The van der Waals surface area contributed by atoms with E-state index in [2.05, 4.69) is 27.7 Å². The molecule has 1 atom stereocenters. The van der Waals surface area contributed by atoms with Crippen molar-refractivity contribution < 1.29 is 24.8 Å². The lowest BCUT2D eigenvalue weighted by Crippen LogP contribution is -3.00. The smallest absolute Gasteiger partial charge is 0.0594 e. The van der Waals surface area contributed by atoms with Gasteiger partial charge in [0.25, 0.3) is 0 Å². The topological polar surface area (TPSA) is 0 Å². The summed E-state index contributed by atoms with van der Waals surface area (Å²) in [5, 5.41) is 0. The molecule has 0 rings (SSSR count). The summed E-state index contributed by atoms with van der Waals surface area (Å²) in [5.74, 6) is 0. The van der Waals surface area contributed by atoms with Gasteiger partial charge in [0.2, 0.25) is 0 Å². The molecule has 0 nitrogen and oxygen atoms in total. The minimum Gasteiger partial charge on any atom is -1.00 e. The summed E-state index contributed by atoms with van der Waals surface area (Å²) in [5.41, 5.74) is 0. The maximum atomic E-state index is 2.39. The first-order chi connectivity index (χ1) is 14.2. The van der Waals surface area contributed by atoms with Crippen LogP contribution in [0, 0.1) is 0 Å². The normalized spacial score (nSPS) is 10.9. The molecule has 0 aliphatic carbocycles. The summed E-state index contributed by atoms with van der Waals surface area (Å²) < 4.78 is 0. The zero-order valence-electron chi connectivity index (χ0n) is 23.2. The molecule has 0 fully saturated rings. The molecular weight excluding hydrogens is 469 g/mol. The third-order valence-corrected chi connectivity index (χ3v) is 12.0. The van der Waals surface area contributed by atoms with Gasteiger partial charge in [-0.15, -0.1) is 0 Å². The van der Waals surface area contributed by atoms with Crippen LogP contribution in [0.3, 0.4) is 0 Å². The maximum Gasteiger partial charge on any atom is 0.0594 e. The van der Waals surface area contributed by atoms with Gasteiger partial charge < -0.3 is 24.8 Å². The SMILES string of the molecule is CCCCCCCCCCCCCCCC[P+](CCCC)(CCCC)CCCC.[Cl-].[Cl-].[PH4+]. The molecular formula is C28H64Cl2P2. The van der Waals surface area contributed by atoms with Crippen LogP contribution in [-0.2, 0) is 0 Å². The molecule has 0 radical (unpaired) electrons. The van der Waals surface area contributed by atoms with Crippen LogP contribution >= 0.6 is 17.2 Å². The Hall–Kier alpha value is 1.44. The number of hydrogen-bond acceptors (Lipinski definition) is 0. The van der Waals surface area contributed by atoms with Crippen LogP contribution in [-0.4, -0.2) is 24.6 Å². The van der Waals surface area contributed by atoms with Gasteiger partial charge in [-0.1, -0.05) is 124 Å². The highest BCUT2D eigenvalue weighted by Gasteiger charge is 2.34. The van der Waals surface area contributed by atoms with Crippen molar-refractivity contribution in [3.05, 3.63) is 0 Å². The predicted molar refractivity (Wildman–Crippen MR) is 154 cm³/mol. The fourth-order valence-electron chi connectivity index (χ4n) is 4.79. The van der Waals surface area contributed by atoms with E-state index in [-0.39, 0.29) is 34.7 Å². The summed E-state index contributed by atoms with van der Waals surface area (Å²) in [7, 11) is -0.630. The van der Waals surface area contributed by atoms with Crippen LogP contribution < -0.4 is 24.8 Å². The summed E-state index contributed by atoms with van der Waals surface area (Å²) in [6, 6.07) is 0. The number of halogens is 2. The van der Waals surface area contributed by atoms with Crippen LogP contribution in [0.1, 0.15) is 156 Å². The first-order valence-corrected chi connectivity index (χ1v) is 16.6. The monoisotopic (exact) mass is 532 g/mol. The molecule has 0 saturated heterocycles. The van der Waals surface area contributed by atoms with Crippen molar-refractivity contribution in [1.29, 1.82) is 0 Å². The second-order valence-corrected chi connectivity index (χ2v) is 14.4. The van der Waals surface area contributed by atoms with E-state index < -0.39 is 7.26 Å². The summed E-state index contributed by atoms with van der Waals surface area (Å²) in [4.78, 5) is 0. The van der Waals surface area contributed by atoms with Gasteiger partial charge in [-0.2, -0.15) is 0 Å². The van der Waals surface area contributed by atoms with Crippen LogP contribution in [0.5, 0.6) is 0 Å². The van der Waals surface area contributed by atoms with Crippen molar-refractivity contribution in [1.82, 2.24) is 0 Å². The standard InChI is InChI=1S/C28H60P.2ClH.H3P/c1-5-9-13-14-15-16-17-18-19-20-21-22-23-24-28-29(25-10-6-2,26-11-7-3)27-12-8-4;;;/h5-28H2,1-4H3;2*1H;1H3/q+1;;;/p-1. The quantitative estimate of drug-likeness (QED) is 0.125. The lowest BCUT2D eigenvalue weighted by Gasteiger charge is -2.28. The average molecular weight is 534 g/mol. The molecule has 0 N–H and O–H groups in total. The van der Waals surface area contributed by atoms with Gasteiger partial charge in [-0.3, -0.25) is 0 Å². The van der Waals surface area contributed by atoms with Crippen LogP contribution in [0.25, 0.3) is 0 Å².